The van der Waals surface area contributed by atoms with Crippen LogP contribution in [0, 0.1) is 20.2 Å². The highest BCUT2D eigenvalue weighted by atomic mass is 16.6. The molecule has 2 aromatic rings. The van der Waals surface area contributed by atoms with Crippen LogP contribution in [0.3, 0.4) is 0 Å². The number of carbonyl (C=O) groups is 1. The Morgan fingerprint density at radius 3 is 2.53 bits per heavy atom. The van der Waals surface area contributed by atoms with Crippen molar-refractivity contribution in [3.63, 3.8) is 0 Å². The Balaban J connectivity index is 2.22. The molecule has 12 nitrogen and oxygen atoms in total. The quantitative estimate of drug-likeness (QED) is 0.265. The second-order valence-corrected chi connectivity index (χ2v) is 5.58. The van der Waals surface area contributed by atoms with E-state index < -0.39 is 33.3 Å². The number of rotatable bonds is 10. The molecule has 12 heteroatoms. The zero-order valence-electron chi connectivity index (χ0n) is 16.0. The zero-order valence-corrected chi connectivity index (χ0v) is 16.0. The van der Waals surface area contributed by atoms with Crippen LogP contribution in [0.25, 0.3) is 0 Å². The maximum absolute atomic E-state index is 12.2. The normalized spacial score (nSPS) is 11.5. The maximum atomic E-state index is 12.2. The Morgan fingerprint density at radius 1 is 1.17 bits per heavy atom. The summed E-state index contributed by atoms with van der Waals surface area (Å²) in [5.41, 5.74) is 1.29. The summed E-state index contributed by atoms with van der Waals surface area (Å²) in [7, 11) is 1.48. The molecule has 0 aromatic heterocycles. The van der Waals surface area contributed by atoms with E-state index in [9.17, 15) is 25.0 Å². The molecule has 0 aliphatic heterocycles. The van der Waals surface area contributed by atoms with Crippen molar-refractivity contribution in [2.45, 2.75) is 13.0 Å². The monoisotopic (exact) mass is 418 g/mol. The SMILES string of the molecule is CCOC(=O)[C@H](/C=N/Nc1ccc([N+](=O)[O-])cc1[N+](=O)[O-])Oc1cccc(OC)c1. The second kappa shape index (κ2) is 10.4. The average molecular weight is 418 g/mol. The first-order valence-corrected chi connectivity index (χ1v) is 8.55. The molecular weight excluding hydrogens is 400 g/mol. The Hall–Kier alpha value is -4.22. The van der Waals surface area contributed by atoms with Gasteiger partial charge in [-0.2, -0.15) is 5.10 Å². The number of methoxy groups -OCH3 is 1. The number of anilines is 1. The molecule has 0 heterocycles. The minimum atomic E-state index is -1.26. The summed E-state index contributed by atoms with van der Waals surface area (Å²) in [6, 6.07) is 9.51. The van der Waals surface area contributed by atoms with E-state index in [2.05, 4.69) is 10.5 Å². The fourth-order valence-electron chi connectivity index (χ4n) is 2.24. The van der Waals surface area contributed by atoms with E-state index in [1.54, 1.807) is 31.2 Å². The largest absolute Gasteiger partial charge is 0.497 e. The first-order chi connectivity index (χ1) is 14.3. The number of esters is 1. The summed E-state index contributed by atoms with van der Waals surface area (Å²) in [6.45, 7) is 1.72. The lowest BCUT2D eigenvalue weighted by molar-refractivity contribution is -0.393. The van der Waals surface area contributed by atoms with Gasteiger partial charge >= 0.3 is 11.7 Å². The molecule has 0 spiro atoms. The van der Waals surface area contributed by atoms with Crippen molar-refractivity contribution in [2.75, 3.05) is 19.1 Å². The van der Waals surface area contributed by atoms with E-state index in [4.69, 9.17) is 14.2 Å². The lowest BCUT2D eigenvalue weighted by Crippen LogP contribution is -2.31. The van der Waals surface area contributed by atoms with E-state index in [0.29, 0.717) is 11.5 Å². The Morgan fingerprint density at radius 2 is 1.90 bits per heavy atom. The molecule has 0 bridgehead atoms. The standard InChI is InChI=1S/C18H18N4O8/c1-3-29-18(23)17(30-14-6-4-5-13(10-14)28-2)11-19-20-15-8-7-12(21(24)25)9-16(15)22(26)27/h4-11,17,20H,3H2,1-2H3/b19-11+/t17-/m0/s1. The van der Waals surface area contributed by atoms with E-state index in [-0.39, 0.29) is 12.3 Å². The highest BCUT2D eigenvalue weighted by Gasteiger charge is 2.22. The number of hydrogen-bond acceptors (Lipinski definition) is 10. The van der Waals surface area contributed by atoms with Crippen LogP contribution in [0.1, 0.15) is 6.92 Å². The molecule has 30 heavy (non-hydrogen) atoms. The Bertz CT molecular complexity index is 963. The lowest BCUT2D eigenvalue weighted by atomic mass is 10.2. The number of nitro groups is 2. The molecular formula is C18H18N4O8. The van der Waals surface area contributed by atoms with Gasteiger partial charge in [-0.25, -0.2) is 4.79 Å². The molecule has 0 fully saturated rings. The van der Waals surface area contributed by atoms with E-state index in [1.165, 1.54) is 7.11 Å². The molecule has 0 unspecified atom stereocenters. The number of ether oxygens (including phenoxy) is 3. The van der Waals surface area contributed by atoms with Crippen molar-refractivity contribution < 1.29 is 28.9 Å². The van der Waals surface area contributed by atoms with Crippen LogP contribution in [0.5, 0.6) is 11.5 Å². The molecule has 2 rings (SSSR count). The minimum Gasteiger partial charge on any atom is -0.497 e. The fraction of sp³-hybridized carbons (Fsp3) is 0.222. The van der Waals surface area contributed by atoms with Crippen molar-refractivity contribution in [3.05, 3.63) is 62.7 Å². The number of benzene rings is 2. The van der Waals surface area contributed by atoms with Crippen LogP contribution in [0.4, 0.5) is 17.1 Å². The van der Waals surface area contributed by atoms with Crippen LogP contribution < -0.4 is 14.9 Å². The molecule has 0 aliphatic carbocycles. The van der Waals surface area contributed by atoms with Gasteiger partial charge in [0.2, 0.25) is 6.10 Å². The Labute approximate surface area is 170 Å². The summed E-state index contributed by atoms with van der Waals surface area (Å²) in [5, 5.41) is 25.8. The fourth-order valence-corrected chi connectivity index (χ4v) is 2.24. The summed E-state index contributed by atoms with van der Waals surface area (Å²) in [4.78, 5) is 32.6. The van der Waals surface area contributed by atoms with E-state index in [1.807, 2.05) is 0 Å². The predicted octanol–water partition coefficient (Wildman–Crippen LogP) is 2.92. The number of nitro benzene ring substituents is 2. The number of nitrogens with one attached hydrogen (secondary N) is 1. The zero-order chi connectivity index (χ0) is 22.1. The third-order valence-corrected chi connectivity index (χ3v) is 3.61. The summed E-state index contributed by atoms with van der Waals surface area (Å²) < 4.78 is 15.6. The Kier molecular flexibility index (Phi) is 7.62. The van der Waals surface area contributed by atoms with Crippen molar-refractivity contribution in [3.8, 4) is 11.5 Å². The van der Waals surface area contributed by atoms with Gasteiger partial charge in [-0.15, -0.1) is 0 Å². The minimum absolute atomic E-state index is 0.103. The van der Waals surface area contributed by atoms with Gasteiger partial charge in [0.1, 0.15) is 17.2 Å². The molecule has 0 saturated heterocycles. The highest BCUT2D eigenvalue weighted by Crippen LogP contribution is 2.29. The van der Waals surface area contributed by atoms with Crippen LogP contribution in [-0.2, 0) is 9.53 Å². The molecule has 0 aliphatic rings. The number of carbonyl (C=O) groups excluding carboxylic acids is 1. The number of hydrogen-bond donors (Lipinski definition) is 1. The van der Waals surface area contributed by atoms with Gasteiger partial charge in [-0.3, -0.25) is 25.7 Å². The summed E-state index contributed by atoms with van der Waals surface area (Å²) in [5.74, 6) is 0.0796. The molecule has 0 radical (unpaired) electrons. The van der Waals surface area contributed by atoms with Crippen molar-refractivity contribution in [1.82, 2.24) is 0 Å². The topological polar surface area (TPSA) is 155 Å². The molecule has 1 N–H and O–H groups in total. The van der Waals surface area contributed by atoms with Gasteiger partial charge in [-0.1, -0.05) is 6.07 Å². The molecule has 0 amide bonds. The van der Waals surface area contributed by atoms with Crippen LogP contribution in [0.2, 0.25) is 0 Å². The number of non-ortho nitro benzene ring substituents is 1. The van der Waals surface area contributed by atoms with Crippen LogP contribution in [-0.4, -0.2) is 41.9 Å². The van der Waals surface area contributed by atoms with Crippen LogP contribution >= 0.6 is 0 Å². The van der Waals surface area contributed by atoms with E-state index in [0.717, 1.165) is 24.4 Å². The molecule has 0 saturated carbocycles. The predicted molar refractivity (Wildman–Crippen MR) is 106 cm³/mol. The summed E-state index contributed by atoms with van der Waals surface area (Å²) >= 11 is 0. The van der Waals surface area contributed by atoms with Gasteiger partial charge in [0.25, 0.3) is 5.69 Å². The number of hydrazone groups is 1. The molecule has 158 valence electrons. The maximum Gasteiger partial charge on any atom is 0.353 e. The van der Waals surface area contributed by atoms with Gasteiger partial charge < -0.3 is 14.2 Å². The van der Waals surface area contributed by atoms with Gasteiger partial charge in [0, 0.05) is 12.1 Å². The third kappa shape index (κ3) is 5.89. The lowest BCUT2D eigenvalue weighted by Gasteiger charge is -2.14. The molecule has 2 aromatic carbocycles. The van der Waals surface area contributed by atoms with Crippen LogP contribution in [0.15, 0.2) is 47.6 Å². The van der Waals surface area contributed by atoms with E-state index >= 15 is 0 Å². The van der Waals surface area contributed by atoms with Gasteiger partial charge in [0.05, 0.1) is 35.8 Å². The molecule has 1 atom stereocenters. The third-order valence-electron chi connectivity index (χ3n) is 3.61. The first-order valence-electron chi connectivity index (χ1n) is 8.55. The summed E-state index contributed by atoms with van der Waals surface area (Å²) in [6.07, 6.45) is -0.204. The van der Waals surface area contributed by atoms with Gasteiger partial charge in [-0.05, 0) is 25.1 Å². The smallest absolute Gasteiger partial charge is 0.353 e. The average Bonchev–Trinajstić information content (AvgIpc) is 2.73. The van der Waals surface area contributed by atoms with Gasteiger partial charge in [0.15, 0.2) is 0 Å². The second-order valence-electron chi connectivity index (χ2n) is 5.58. The highest BCUT2D eigenvalue weighted by molar-refractivity contribution is 5.93. The van der Waals surface area contributed by atoms with Crippen molar-refractivity contribution >= 4 is 29.2 Å². The van der Waals surface area contributed by atoms with Crippen molar-refractivity contribution in [1.29, 1.82) is 0 Å². The number of nitrogens with zero attached hydrogens (tertiary/aromatic N) is 3. The van der Waals surface area contributed by atoms with Crippen molar-refractivity contribution in [2.24, 2.45) is 5.10 Å². The first kappa shape index (κ1) is 22.1.